The van der Waals surface area contributed by atoms with E-state index in [1.165, 1.54) is 37.3 Å². The zero-order valence-corrected chi connectivity index (χ0v) is 22.0. The van der Waals surface area contributed by atoms with E-state index in [0.717, 1.165) is 16.1 Å². The quantitative estimate of drug-likeness (QED) is 0.439. The van der Waals surface area contributed by atoms with Gasteiger partial charge in [0, 0.05) is 10.7 Å². The van der Waals surface area contributed by atoms with Gasteiger partial charge >= 0.3 is 0 Å². The second-order valence-corrected chi connectivity index (χ2v) is 12.1. The van der Waals surface area contributed by atoms with Crippen molar-refractivity contribution in [3.8, 4) is 0 Å². The summed E-state index contributed by atoms with van der Waals surface area (Å²) in [5, 5.41) is 3.04. The molecule has 11 heteroatoms. The Balaban J connectivity index is 1.77. The fourth-order valence-electron chi connectivity index (χ4n) is 3.37. The molecule has 1 amide bonds. The molecule has 3 rings (SSSR count). The van der Waals surface area contributed by atoms with Crippen molar-refractivity contribution in [3.63, 3.8) is 0 Å². The lowest BCUT2D eigenvalue weighted by molar-refractivity contribution is -0.116. The van der Waals surface area contributed by atoms with Crippen LogP contribution >= 0.6 is 11.6 Å². The molecule has 0 aliphatic carbocycles. The van der Waals surface area contributed by atoms with E-state index in [9.17, 15) is 21.6 Å². The predicted octanol–water partition coefficient (Wildman–Crippen LogP) is 4.55. The maximum Gasteiger partial charge on any atom is 0.261 e. The first-order valence-corrected chi connectivity index (χ1v) is 14.2. The number of aryl methyl sites for hydroxylation is 2. The van der Waals surface area contributed by atoms with Crippen LogP contribution in [0.1, 0.15) is 18.1 Å². The van der Waals surface area contributed by atoms with Crippen LogP contribution in [0, 0.1) is 13.8 Å². The zero-order valence-electron chi connectivity index (χ0n) is 19.6. The summed E-state index contributed by atoms with van der Waals surface area (Å²) in [4.78, 5) is 12.9. The molecule has 0 saturated heterocycles. The number of hydrogen-bond acceptors (Lipinski definition) is 5. The van der Waals surface area contributed by atoms with Crippen LogP contribution in [-0.2, 0) is 24.8 Å². The van der Waals surface area contributed by atoms with Gasteiger partial charge in [-0.05, 0) is 74.9 Å². The lowest BCUT2D eigenvalue weighted by Crippen LogP contribution is -2.45. The van der Waals surface area contributed by atoms with Gasteiger partial charge in [-0.1, -0.05) is 35.4 Å². The molecule has 0 aliphatic heterocycles. The molecule has 0 fully saturated rings. The summed E-state index contributed by atoms with van der Waals surface area (Å²) in [6.45, 7) is 5.11. The average Bonchev–Trinajstić information content (AvgIpc) is 2.77. The van der Waals surface area contributed by atoms with Crippen molar-refractivity contribution in [1.82, 2.24) is 0 Å². The van der Waals surface area contributed by atoms with Gasteiger partial charge in [0.15, 0.2) is 0 Å². The van der Waals surface area contributed by atoms with Gasteiger partial charge in [0.2, 0.25) is 15.9 Å². The number of halogens is 1. The molecule has 0 aliphatic rings. The number of sulfonamides is 2. The smallest absolute Gasteiger partial charge is 0.261 e. The van der Waals surface area contributed by atoms with Crippen LogP contribution in [0.3, 0.4) is 0 Å². The zero-order chi connectivity index (χ0) is 26.0. The van der Waals surface area contributed by atoms with E-state index in [2.05, 4.69) is 10.0 Å². The van der Waals surface area contributed by atoms with Crippen molar-refractivity contribution in [2.24, 2.45) is 0 Å². The van der Waals surface area contributed by atoms with E-state index >= 15 is 0 Å². The molecule has 3 aromatic rings. The molecule has 0 spiro atoms. The Morgan fingerprint density at radius 1 is 0.914 bits per heavy atom. The van der Waals surface area contributed by atoms with E-state index in [-0.39, 0.29) is 4.90 Å². The SMILES string of the molecule is Cc1ccc(N([C@@H](C)C(=O)Nc2ccc(S(=O)(=O)Nc3cc(Cl)ccc3C)cc2)S(C)(=O)=O)cc1. The molecule has 0 heterocycles. The van der Waals surface area contributed by atoms with E-state index in [1.54, 1.807) is 43.3 Å². The van der Waals surface area contributed by atoms with Crippen LogP contribution in [0.5, 0.6) is 0 Å². The number of carbonyl (C=O) groups is 1. The van der Waals surface area contributed by atoms with E-state index < -0.39 is 32.0 Å². The minimum Gasteiger partial charge on any atom is -0.324 e. The number of benzene rings is 3. The van der Waals surface area contributed by atoms with Crippen LogP contribution in [0.4, 0.5) is 17.1 Å². The van der Waals surface area contributed by atoms with Crippen LogP contribution in [0.25, 0.3) is 0 Å². The number of hydrogen-bond donors (Lipinski definition) is 2. The summed E-state index contributed by atoms with van der Waals surface area (Å²) in [5.74, 6) is -0.570. The molecule has 0 unspecified atom stereocenters. The maximum absolute atomic E-state index is 12.9. The fraction of sp³-hybridized carbons (Fsp3) is 0.208. The predicted molar refractivity (Wildman–Crippen MR) is 140 cm³/mol. The second kappa shape index (κ2) is 10.3. The minimum atomic E-state index is -3.90. The third-order valence-electron chi connectivity index (χ3n) is 5.25. The Hall–Kier alpha value is -3.08. The van der Waals surface area contributed by atoms with E-state index in [1.807, 2.05) is 6.92 Å². The monoisotopic (exact) mass is 535 g/mol. The number of nitrogens with one attached hydrogen (secondary N) is 2. The molecule has 2 N–H and O–H groups in total. The van der Waals surface area contributed by atoms with Crippen molar-refractivity contribution in [1.29, 1.82) is 0 Å². The summed E-state index contributed by atoms with van der Waals surface area (Å²) >= 11 is 5.97. The fourth-order valence-corrected chi connectivity index (χ4v) is 5.84. The first-order valence-electron chi connectivity index (χ1n) is 10.5. The molecule has 186 valence electrons. The van der Waals surface area contributed by atoms with Crippen LogP contribution < -0.4 is 14.3 Å². The molecular weight excluding hydrogens is 510 g/mol. The topological polar surface area (TPSA) is 113 Å². The van der Waals surface area contributed by atoms with Crippen molar-refractivity contribution >= 4 is 54.6 Å². The molecule has 35 heavy (non-hydrogen) atoms. The third-order valence-corrected chi connectivity index (χ3v) is 8.11. The van der Waals surface area contributed by atoms with Crippen LogP contribution in [0.2, 0.25) is 5.02 Å². The summed E-state index contributed by atoms with van der Waals surface area (Å²) in [7, 11) is -7.65. The van der Waals surface area contributed by atoms with Crippen LogP contribution in [-0.4, -0.2) is 35.0 Å². The molecule has 3 aromatic carbocycles. The van der Waals surface area contributed by atoms with E-state index in [4.69, 9.17) is 11.6 Å². The van der Waals surface area contributed by atoms with Gasteiger partial charge in [-0.15, -0.1) is 0 Å². The van der Waals surface area contributed by atoms with Crippen molar-refractivity contribution in [3.05, 3.63) is 82.9 Å². The van der Waals surface area contributed by atoms with Crippen molar-refractivity contribution < 1.29 is 21.6 Å². The summed E-state index contributed by atoms with van der Waals surface area (Å²) < 4.78 is 53.9. The molecule has 8 nitrogen and oxygen atoms in total. The standard InChI is InChI=1S/C24H26ClN3O5S2/c1-16-5-11-21(12-6-16)28(34(4,30)31)18(3)24(29)26-20-9-13-22(14-10-20)35(32,33)27-23-15-19(25)8-7-17(23)2/h5-15,18,27H,1-4H3,(H,26,29)/t18-/m0/s1. The Morgan fingerprint density at radius 3 is 2.09 bits per heavy atom. The highest BCUT2D eigenvalue weighted by molar-refractivity contribution is 7.92. The minimum absolute atomic E-state index is 0.0136. The highest BCUT2D eigenvalue weighted by atomic mass is 35.5. The normalized spacial score (nSPS) is 12.6. The lowest BCUT2D eigenvalue weighted by atomic mass is 10.2. The largest absolute Gasteiger partial charge is 0.324 e. The number of anilines is 3. The number of carbonyl (C=O) groups excluding carboxylic acids is 1. The van der Waals surface area contributed by atoms with Gasteiger partial charge in [-0.2, -0.15) is 0 Å². The van der Waals surface area contributed by atoms with Crippen LogP contribution in [0.15, 0.2) is 71.6 Å². The highest BCUT2D eigenvalue weighted by Gasteiger charge is 2.29. The van der Waals surface area contributed by atoms with Crippen molar-refractivity contribution in [2.75, 3.05) is 20.6 Å². The summed E-state index contributed by atoms with van der Waals surface area (Å²) in [6.07, 6.45) is 1.03. The Morgan fingerprint density at radius 2 is 1.51 bits per heavy atom. The molecular formula is C24H26ClN3O5S2. The highest BCUT2D eigenvalue weighted by Crippen LogP contribution is 2.25. The molecule has 0 bridgehead atoms. The van der Waals surface area contributed by atoms with Gasteiger partial charge < -0.3 is 5.32 Å². The molecule has 0 radical (unpaired) electrons. The third kappa shape index (κ3) is 6.53. The van der Waals surface area contributed by atoms with Gasteiger partial charge in [0.25, 0.3) is 10.0 Å². The Labute approximate surface area is 211 Å². The number of amides is 1. The summed E-state index contributed by atoms with van der Waals surface area (Å²) in [5.41, 5.74) is 2.71. The van der Waals surface area contributed by atoms with Gasteiger partial charge in [0.05, 0.1) is 22.5 Å². The summed E-state index contributed by atoms with van der Waals surface area (Å²) in [6, 6.07) is 16.2. The second-order valence-electron chi connectivity index (χ2n) is 8.15. The van der Waals surface area contributed by atoms with E-state index in [0.29, 0.717) is 27.6 Å². The van der Waals surface area contributed by atoms with Gasteiger partial charge in [-0.25, -0.2) is 16.8 Å². The Bertz CT molecular complexity index is 1440. The van der Waals surface area contributed by atoms with Gasteiger partial charge in [-0.3, -0.25) is 13.8 Å². The average molecular weight is 536 g/mol. The Kier molecular flexibility index (Phi) is 7.78. The first kappa shape index (κ1) is 26.5. The number of rotatable bonds is 8. The molecule has 0 saturated carbocycles. The first-order chi connectivity index (χ1) is 16.3. The molecule has 0 aromatic heterocycles. The lowest BCUT2D eigenvalue weighted by Gasteiger charge is -2.28. The maximum atomic E-state index is 12.9. The van der Waals surface area contributed by atoms with Gasteiger partial charge in [0.1, 0.15) is 6.04 Å². The van der Waals surface area contributed by atoms with Crippen molar-refractivity contribution in [2.45, 2.75) is 31.7 Å². The molecule has 1 atom stereocenters. The number of nitrogens with zero attached hydrogens (tertiary/aromatic N) is 1.